The standard InChI is InChI=1S/C3H5.BrH.Ni/c1-3-2;;/h3H,1-2H2;1H;. The van der Waals surface area contributed by atoms with E-state index in [0.29, 0.717) is 5.39 Å². The van der Waals surface area contributed by atoms with Crippen LogP contribution in [0.3, 0.4) is 0 Å². The van der Waals surface area contributed by atoms with Gasteiger partial charge in [0.2, 0.25) is 0 Å². The van der Waals surface area contributed by atoms with Gasteiger partial charge in [-0.2, -0.15) is 0 Å². The van der Waals surface area contributed by atoms with Crippen molar-refractivity contribution in [2.24, 2.45) is 0 Å². The molecule has 0 unspecified atom stereocenters. The molecule has 0 amide bonds. The second kappa shape index (κ2) is 8.83. The quantitative estimate of drug-likeness (QED) is 0.426. The first-order valence-electron chi connectivity index (χ1n) is 1.04. The van der Waals surface area contributed by atoms with Gasteiger partial charge in [0.25, 0.3) is 0 Å². The molecule has 0 aromatic heterocycles. The van der Waals surface area contributed by atoms with Gasteiger partial charge in [0.05, 0.1) is 0 Å². The Morgan fingerprint density at radius 2 is 2.00 bits per heavy atom. The van der Waals surface area contributed by atoms with Crippen LogP contribution in [-0.4, -0.2) is 0 Å². The topological polar surface area (TPSA) is 0 Å². The molecule has 0 saturated heterocycles. The van der Waals surface area contributed by atoms with Crippen LogP contribution in [0.1, 0.15) is 0 Å². The predicted octanol–water partition coefficient (Wildman–Crippen LogP) is 1.72. The third-order valence-corrected chi connectivity index (χ3v) is 0.376. The minimum atomic E-state index is 0. The molecule has 0 spiro atoms. The van der Waals surface area contributed by atoms with Crippen molar-refractivity contribution in [3.05, 3.63) is 12.7 Å². The van der Waals surface area contributed by atoms with Crippen molar-refractivity contribution in [1.29, 1.82) is 0 Å². The molecule has 0 atom stereocenters. The van der Waals surface area contributed by atoms with Crippen LogP contribution in [0.15, 0.2) is 12.7 Å². The van der Waals surface area contributed by atoms with Gasteiger partial charge >= 0.3 is 33.5 Å². The van der Waals surface area contributed by atoms with Gasteiger partial charge in [-0.15, -0.1) is 17.0 Å². The Balaban J connectivity index is 0. The maximum absolute atomic E-state index is 4.20. The molecule has 0 nitrogen and oxygen atoms in total. The Labute approximate surface area is 50.8 Å². The number of allylic oxidation sites excluding steroid dienone is 1. The van der Waals surface area contributed by atoms with Gasteiger partial charge in [-0.3, -0.25) is 0 Å². The average molecular weight is 181 g/mol. The molecular weight excluding hydrogens is 175 g/mol. The first kappa shape index (κ1) is 9.20. The zero-order valence-electron chi connectivity index (χ0n) is 2.72. The fourth-order valence-electron chi connectivity index (χ4n) is 0. The number of hydrogen-bond donors (Lipinski definition) is 0. The molecule has 0 radical (unpaired) electrons. The first-order valence-corrected chi connectivity index (χ1v) is 1.74. The molecule has 0 aromatic rings. The Bertz CT molecular complexity index is 20.9. The van der Waals surface area contributed by atoms with E-state index in [4.69, 9.17) is 0 Å². The van der Waals surface area contributed by atoms with Gasteiger partial charge in [0, 0.05) is 0 Å². The van der Waals surface area contributed by atoms with Crippen molar-refractivity contribution in [2.45, 2.75) is 5.39 Å². The van der Waals surface area contributed by atoms with E-state index < -0.39 is 0 Å². The molecule has 0 heterocycles. The Kier molecular flexibility index (Phi) is 16.3. The molecule has 0 aromatic carbocycles. The summed E-state index contributed by atoms with van der Waals surface area (Å²) in [5, 5.41) is 0.708. The van der Waals surface area contributed by atoms with Crippen molar-refractivity contribution in [3.63, 3.8) is 0 Å². The molecule has 0 aliphatic carbocycles. The van der Waals surface area contributed by atoms with Crippen LogP contribution in [0.25, 0.3) is 0 Å². The monoisotopic (exact) mass is 179 g/mol. The summed E-state index contributed by atoms with van der Waals surface area (Å²) in [7, 11) is 0. The zero-order chi connectivity index (χ0) is 3.41. The number of rotatable bonds is 1. The van der Waals surface area contributed by atoms with Crippen molar-refractivity contribution in [1.82, 2.24) is 0 Å². The molecule has 35 valence electrons. The molecular formula is C3H6BrNi. The van der Waals surface area contributed by atoms with Crippen LogP contribution in [0.5, 0.6) is 0 Å². The van der Waals surface area contributed by atoms with Crippen LogP contribution in [0, 0.1) is 0 Å². The molecule has 0 aliphatic heterocycles. The van der Waals surface area contributed by atoms with Gasteiger partial charge in [0.1, 0.15) is 0 Å². The van der Waals surface area contributed by atoms with Gasteiger partial charge < -0.3 is 0 Å². The third kappa shape index (κ3) is 11.8. The Morgan fingerprint density at radius 1 is 1.80 bits per heavy atom. The zero-order valence-corrected chi connectivity index (χ0v) is 5.42. The maximum atomic E-state index is 4.20. The summed E-state index contributed by atoms with van der Waals surface area (Å²) < 4.78 is 0. The molecule has 2 heteroatoms. The Hall–Kier alpha value is 0.714. The number of halogens is 1. The van der Waals surface area contributed by atoms with Crippen molar-refractivity contribution < 1.29 is 15.5 Å². The van der Waals surface area contributed by atoms with E-state index in [2.05, 4.69) is 22.0 Å². The van der Waals surface area contributed by atoms with E-state index in [1.54, 1.807) is 6.08 Å². The fourth-order valence-corrected chi connectivity index (χ4v) is 0. The summed E-state index contributed by atoms with van der Waals surface area (Å²) in [6.07, 6.45) is 1.71. The molecule has 0 saturated carbocycles. The van der Waals surface area contributed by atoms with Crippen molar-refractivity contribution in [3.8, 4) is 0 Å². The van der Waals surface area contributed by atoms with Crippen LogP contribution >= 0.6 is 17.0 Å². The summed E-state index contributed by atoms with van der Waals surface area (Å²) >= 11 is 4.20. The second-order valence-corrected chi connectivity index (χ2v) is 0.821. The fraction of sp³-hybridized carbons (Fsp3) is 0.333. The van der Waals surface area contributed by atoms with Crippen LogP contribution in [0.4, 0.5) is 0 Å². The summed E-state index contributed by atoms with van der Waals surface area (Å²) in [4.78, 5) is 0. The van der Waals surface area contributed by atoms with Crippen molar-refractivity contribution in [2.75, 3.05) is 0 Å². The second-order valence-electron chi connectivity index (χ2n) is 0.418. The van der Waals surface area contributed by atoms with E-state index >= 15 is 0 Å². The predicted molar refractivity (Wildman–Crippen MR) is 25.3 cm³/mol. The number of hydrogen-bond acceptors (Lipinski definition) is 0. The summed E-state index contributed by atoms with van der Waals surface area (Å²) in [5.41, 5.74) is 0. The molecule has 0 N–H and O–H groups in total. The molecule has 0 fully saturated rings. The van der Waals surface area contributed by atoms with E-state index in [9.17, 15) is 0 Å². The summed E-state index contributed by atoms with van der Waals surface area (Å²) in [6, 6.07) is 0. The third-order valence-electron chi connectivity index (χ3n) is 0.0913. The van der Waals surface area contributed by atoms with Gasteiger partial charge in [-0.05, 0) is 0 Å². The van der Waals surface area contributed by atoms with Gasteiger partial charge in [-0.1, -0.05) is 0 Å². The average Bonchev–Trinajstić information content (AvgIpc) is 1.37. The van der Waals surface area contributed by atoms with Crippen molar-refractivity contribution >= 4 is 17.0 Å². The van der Waals surface area contributed by atoms with E-state index in [-0.39, 0.29) is 17.0 Å². The van der Waals surface area contributed by atoms with E-state index in [1.165, 1.54) is 0 Å². The van der Waals surface area contributed by atoms with Crippen LogP contribution in [-0.2, 0) is 15.5 Å². The van der Waals surface area contributed by atoms with Gasteiger partial charge in [0.15, 0.2) is 0 Å². The first-order chi connectivity index (χ1) is 1.91. The van der Waals surface area contributed by atoms with Crippen LogP contribution < -0.4 is 0 Å². The molecule has 0 rings (SSSR count). The summed E-state index contributed by atoms with van der Waals surface area (Å²) in [5.74, 6) is 0. The van der Waals surface area contributed by atoms with E-state index in [0.717, 1.165) is 0 Å². The van der Waals surface area contributed by atoms with Gasteiger partial charge in [-0.25, -0.2) is 0 Å². The molecule has 0 bridgehead atoms. The minimum absolute atomic E-state index is 0. The van der Waals surface area contributed by atoms with Crippen LogP contribution in [0.2, 0.25) is 5.39 Å². The summed E-state index contributed by atoms with van der Waals surface area (Å²) in [6.45, 7) is 3.39. The molecule has 5 heavy (non-hydrogen) atoms. The SMILES string of the molecule is Br.C=C[CH2][Ni]. The Morgan fingerprint density at radius 3 is 2.00 bits per heavy atom. The molecule has 0 aliphatic rings. The van der Waals surface area contributed by atoms with E-state index in [1.807, 2.05) is 0 Å². The normalized spacial score (nSPS) is 5.20.